The van der Waals surface area contributed by atoms with Crippen LogP contribution in [0.1, 0.15) is 5.82 Å². The third-order valence-electron chi connectivity index (χ3n) is 2.10. The van der Waals surface area contributed by atoms with Crippen LogP contribution in [0.3, 0.4) is 0 Å². The first kappa shape index (κ1) is 9.45. The Hall–Kier alpha value is -1.10. The fraction of sp³-hybridized carbons (Fsp3) is 0.333. The van der Waals surface area contributed by atoms with Crippen molar-refractivity contribution in [1.82, 2.24) is 19.3 Å². The number of rotatable bonds is 3. The first-order valence-corrected chi connectivity index (χ1v) is 5.21. The standard InChI is InChI=1S/C9H11BrN4/c1-8-11-2-3-13(8)4-5-14-7-9(10)6-12-14/h2-3,6-7H,4-5H2,1H3. The molecule has 4 nitrogen and oxygen atoms in total. The zero-order valence-electron chi connectivity index (χ0n) is 7.89. The number of halogens is 1. The second kappa shape index (κ2) is 3.96. The largest absolute Gasteiger partial charge is 0.333 e. The van der Waals surface area contributed by atoms with Crippen molar-refractivity contribution in [2.75, 3.05) is 0 Å². The van der Waals surface area contributed by atoms with Crippen LogP contribution in [0.4, 0.5) is 0 Å². The van der Waals surface area contributed by atoms with Crippen LogP contribution in [-0.4, -0.2) is 19.3 Å². The summed E-state index contributed by atoms with van der Waals surface area (Å²) in [4.78, 5) is 4.16. The minimum Gasteiger partial charge on any atom is -0.333 e. The molecule has 2 aromatic rings. The van der Waals surface area contributed by atoms with E-state index in [0.717, 1.165) is 23.4 Å². The zero-order valence-corrected chi connectivity index (χ0v) is 9.48. The van der Waals surface area contributed by atoms with E-state index in [-0.39, 0.29) is 0 Å². The molecule has 0 atom stereocenters. The Morgan fingerprint density at radius 2 is 2.29 bits per heavy atom. The van der Waals surface area contributed by atoms with Crippen molar-refractivity contribution in [3.8, 4) is 0 Å². The van der Waals surface area contributed by atoms with Gasteiger partial charge in [-0.15, -0.1) is 0 Å². The number of nitrogens with zero attached hydrogens (tertiary/aromatic N) is 4. The molecule has 0 saturated carbocycles. The number of hydrogen-bond donors (Lipinski definition) is 0. The summed E-state index contributed by atoms with van der Waals surface area (Å²) < 4.78 is 5.03. The van der Waals surface area contributed by atoms with E-state index >= 15 is 0 Å². The third kappa shape index (κ3) is 2.04. The quantitative estimate of drug-likeness (QED) is 0.839. The molecular formula is C9H11BrN4. The van der Waals surface area contributed by atoms with Crippen molar-refractivity contribution in [2.24, 2.45) is 0 Å². The molecule has 0 fully saturated rings. The van der Waals surface area contributed by atoms with Gasteiger partial charge >= 0.3 is 0 Å². The molecule has 0 aromatic carbocycles. The van der Waals surface area contributed by atoms with Crippen LogP contribution >= 0.6 is 15.9 Å². The molecule has 5 heteroatoms. The molecule has 14 heavy (non-hydrogen) atoms. The van der Waals surface area contributed by atoms with Gasteiger partial charge in [0.25, 0.3) is 0 Å². The Morgan fingerprint density at radius 3 is 2.86 bits per heavy atom. The monoisotopic (exact) mass is 254 g/mol. The van der Waals surface area contributed by atoms with Gasteiger partial charge in [0.05, 0.1) is 17.2 Å². The van der Waals surface area contributed by atoms with E-state index in [1.165, 1.54) is 0 Å². The molecule has 0 spiro atoms. The van der Waals surface area contributed by atoms with E-state index in [9.17, 15) is 0 Å². The normalized spacial score (nSPS) is 10.7. The summed E-state index contributed by atoms with van der Waals surface area (Å²) in [6.07, 6.45) is 7.55. The van der Waals surface area contributed by atoms with E-state index in [4.69, 9.17) is 0 Å². The topological polar surface area (TPSA) is 35.6 Å². The average Bonchev–Trinajstić information content (AvgIpc) is 2.72. The minimum absolute atomic E-state index is 0.864. The van der Waals surface area contributed by atoms with Crippen molar-refractivity contribution in [2.45, 2.75) is 20.0 Å². The van der Waals surface area contributed by atoms with E-state index in [2.05, 4.69) is 30.6 Å². The lowest BCUT2D eigenvalue weighted by Gasteiger charge is -2.04. The maximum absolute atomic E-state index is 4.18. The van der Waals surface area contributed by atoms with Gasteiger partial charge in [-0.1, -0.05) is 0 Å². The SMILES string of the molecule is Cc1nccn1CCn1cc(Br)cn1. The highest BCUT2D eigenvalue weighted by atomic mass is 79.9. The zero-order chi connectivity index (χ0) is 9.97. The summed E-state index contributed by atoms with van der Waals surface area (Å²) >= 11 is 3.36. The van der Waals surface area contributed by atoms with E-state index in [1.807, 2.05) is 30.2 Å². The predicted molar refractivity (Wildman–Crippen MR) is 56.9 cm³/mol. The molecule has 2 aromatic heterocycles. The number of hydrogen-bond acceptors (Lipinski definition) is 2. The fourth-order valence-electron chi connectivity index (χ4n) is 1.31. The first-order chi connectivity index (χ1) is 6.75. The van der Waals surface area contributed by atoms with Gasteiger partial charge in [0, 0.05) is 25.1 Å². The van der Waals surface area contributed by atoms with Gasteiger partial charge in [0.15, 0.2) is 0 Å². The van der Waals surface area contributed by atoms with E-state index in [1.54, 1.807) is 6.20 Å². The maximum atomic E-state index is 4.18. The molecule has 0 aliphatic rings. The van der Waals surface area contributed by atoms with Crippen LogP contribution in [0, 0.1) is 6.92 Å². The van der Waals surface area contributed by atoms with Gasteiger partial charge in [-0.05, 0) is 22.9 Å². The Kier molecular flexibility index (Phi) is 2.67. The Morgan fingerprint density at radius 1 is 1.43 bits per heavy atom. The van der Waals surface area contributed by atoms with Crippen LogP contribution in [0.25, 0.3) is 0 Å². The van der Waals surface area contributed by atoms with Crippen LogP contribution in [-0.2, 0) is 13.1 Å². The van der Waals surface area contributed by atoms with Gasteiger partial charge in [-0.2, -0.15) is 5.10 Å². The number of imidazole rings is 1. The van der Waals surface area contributed by atoms with Gasteiger partial charge < -0.3 is 4.57 Å². The van der Waals surface area contributed by atoms with Crippen molar-refractivity contribution in [3.63, 3.8) is 0 Å². The summed E-state index contributed by atoms with van der Waals surface area (Å²) in [5.41, 5.74) is 0. The Balaban J connectivity index is 1.98. The summed E-state index contributed by atoms with van der Waals surface area (Å²) in [6.45, 7) is 3.77. The minimum atomic E-state index is 0.864. The Bertz CT molecular complexity index is 418. The smallest absolute Gasteiger partial charge is 0.105 e. The lowest BCUT2D eigenvalue weighted by molar-refractivity contribution is 0.526. The van der Waals surface area contributed by atoms with Crippen LogP contribution in [0.5, 0.6) is 0 Å². The van der Waals surface area contributed by atoms with Crippen LogP contribution in [0.15, 0.2) is 29.3 Å². The van der Waals surface area contributed by atoms with Crippen molar-refractivity contribution in [1.29, 1.82) is 0 Å². The van der Waals surface area contributed by atoms with Gasteiger partial charge in [0.2, 0.25) is 0 Å². The summed E-state index contributed by atoms with van der Waals surface area (Å²) in [7, 11) is 0. The van der Waals surface area contributed by atoms with Gasteiger partial charge in [-0.3, -0.25) is 4.68 Å². The van der Waals surface area contributed by atoms with Gasteiger partial charge in [-0.25, -0.2) is 4.98 Å². The van der Waals surface area contributed by atoms with Crippen molar-refractivity contribution < 1.29 is 0 Å². The lowest BCUT2D eigenvalue weighted by Crippen LogP contribution is -2.08. The summed E-state index contributed by atoms with van der Waals surface area (Å²) in [5, 5.41) is 4.18. The molecule has 74 valence electrons. The third-order valence-corrected chi connectivity index (χ3v) is 2.50. The summed E-state index contributed by atoms with van der Waals surface area (Å²) in [5.74, 6) is 1.04. The molecule has 0 unspecified atom stereocenters. The highest BCUT2D eigenvalue weighted by Gasteiger charge is 1.98. The molecule has 0 aliphatic carbocycles. The number of aryl methyl sites for hydroxylation is 3. The van der Waals surface area contributed by atoms with Crippen LogP contribution in [0.2, 0.25) is 0 Å². The molecule has 0 bridgehead atoms. The first-order valence-electron chi connectivity index (χ1n) is 4.41. The molecule has 2 heterocycles. The van der Waals surface area contributed by atoms with Crippen molar-refractivity contribution >= 4 is 15.9 Å². The second-order valence-electron chi connectivity index (χ2n) is 3.09. The summed E-state index contributed by atoms with van der Waals surface area (Å²) in [6, 6.07) is 0. The molecule has 0 radical (unpaired) electrons. The fourth-order valence-corrected chi connectivity index (χ4v) is 1.64. The van der Waals surface area contributed by atoms with Crippen molar-refractivity contribution in [3.05, 3.63) is 35.1 Å². The van der Waals surface area contributed by atoms with Gasteiger partial charge in [0.1, 0.15) is 5.82 Å². The molecule has 0 saturated heterocycles. The number of aromatic nitrogens is 4. The maximum Gasteiger partial charge on any atom is 0.105 e. The molecular weight excluding hydrogens is 244 g/mol. The Labute approximate surface area is 90.7 Å². The molecule has 2 rings (SSSR count). The van der Waals surface area contributed by atoms with E-state index in [0.29, 0.717) is 0 Å². The molecule has 0 amide bonds. The average molecular weight is 255 g/mol. The predicted octanol–water partition coefficient (Wildman–Crippen LogP) is 1.85. The highest BCUT2D eigenvalue weighted by molar-refractivity contribution is 9.10. The molecule has 0 aliphatic heterocycles. The molecule has 0 N–H and O–H groups in total. The second-order valence-corrected chi connectivity index (χ2v) is 4.01. The van der Waals surface area contributed by atoms with Crippen LogP contribution < -0.4 is 0 Å². The van der Waals surface area contributed by atoms with E-state index < -0.39 is 0 Å². The highest BCUT2D eigenvalue weighted by Crippen LogP contribution is 2.06. The lowest BCUT2D eigenvalue weighted by atomic mass is 10.5.